The van der Waals surface area contributed by atoms with Crippen molar-refractivity contribution < 1.29 is 23.4 Å². The fourth-order valence-electron chi connectivity index (χ4n) is 3.25. The van der Waals surface area contributed by atoms with Crippen molar-refractivity contribution >= 4 is 29.0 Å². The fourth-order valence-corrected chi connectivity index (χ4v) is 3.34. The minimum Gasteiger partial charge on any atom is -0.420 e. The highest BCUT2D eigenvalue weighted by Gasteiger charge is 2.28. The van der Waals surface area contributed by atoms with Crippen molar-refractivity contribution in [3.05, 3.63) is 54.5 Å². The first-order valence-corrected chi connectivity index (χ1v) is 9.90. The summed E-state index contributed by atoms with van der Waals surface area (Å²) < 4.78 is 29.7. The molecule has 166 valence electrons. The highest BCUT2D eigenvalue weighted by Crippen LogP contribution is 2.30. The Hall–Kier alpha value is -3.44. The molecule has 3 heterocycles. The van der Waals surface area contributed by atoms with E-state index in [0.29, 0.717) is 36.6 Å². The average Bonchev–Trinajstić information content (AvgIpc) is 3.20. The number of aliphatic hydroxyl groups excluding tert-OH is 1. The van der Waals surface area contributed by atoms with E-state index in [2.05, 4.69) is 30.2 Å². The van der Waals surface area contributed by atoms with Crippen LogP contribution in [0.5, 0.6) is 5.75 Å². The zero-order valence-corrected chi connectivity index (χ0v) is 17.2. The van der Waals surface area contributed by atoms with Gasteiger partial charge in [-0.1, -0.05) is 0 Å². The Kier molecular flexibility index (Phi) is 6.10. The third-order valence-electron chi connectivity index (χ3n) is 4.66. The number of alkyl halides is 3. The zero-order chi connectivity index (χ0) is 22.7. The number of carbonyl (C=O) groups excluding carboxylic acids is 1. The molecule has 1 atom stereocenters. The van der Waals surface area contributed by atoms with Crippen LogP contribution in [0.1, 0.15) is 16.8 Å². The van der Waals surface area contributed by atoms with Gasteiger partial charge in [-0.2, -0.15) is 5.10 Å². The number of hydrogen-bond donors (Lipinski definition) is 2. The lowest BCUT2D eigenvalue weighted by Gasteiger charge is -2.20. The van der Waals surface area contributed by atoms with Crippen LogP contribution in [-0.2, 0) is 0 Å². The number of rotatable bonds is 6. The van der Waals surface area contributed by atoms with Gasteiger partial charge in [0.25, 0.3) is 5.91 Å². The van der Waals surface area contributed by atoms with Crippen LogP contribution in [0.25, 0.3) is 11.4 Å². The topological polar surface area (TPSA) is 113 Å². The number of aliphatic hydroxyl groups is 1. The quantitative estimate of drug-likeness (QED) is 0.537. The van der Waals surface area contributed by atoms with Gasteiger partial charge >= 0.3 is 5.57 Å². The maximum Gasteiger partial charge on any atom is 0.487 e. The molecule has 0 bridgehead atoms. The standard InChI is InChI=1S/C20H17ClF2N6O3/c21-20(22,23)32-15-3-1-13(2-4-15)27-19(31)12-9-16(17-24-6-7-26-28-17)18(25-10-12)29-8-5-14(30)11-29/h1-4,6-7,9-10,14,30H,5,8,11H2,(H,27,31)/t14-/m1/s1. The summed E-state index contributed by atoms with van der Waals surface area (Å²) in [5.41, 5.74) is -2.75. The van der Waals surface area contributed by atoms with Gasteiger partial charge in [-0.3, -0.25) is 4.79 Å². The van der Waals surface area contributed by atoms with Gasteiger partial charge < -0.3 is 20.1 Å². The number of halogens is 3. The monoisotopic (exact) mass is 462 g/mol. The predicted molar refractivity (Wildman–Crippen MR) is 112 cm³/mol. The lowest BCUT2D eigenvalue weighted by molar-refractivity contribution is -0.0964. The van der Waals surface area contributed by atoms with Crippen LogP contribution in [0, 0.1) is 0 Å². The molecular formula is C20H17ClF2N6O3. The number of pyridine rings is 1. The summed E-state index contributed by atoms with van der Waals surface area (Å²) in [4.78, 5) is 23.3. The molecule has 0 unspecified atom stereocenters. The Morgan fingerprint density at radius 3 is 2.66 bits per heavy atom. The lowest BCUT2D eigenvalue weighted by atomic mass is 10.1. The molecule has 1 aliphatic rings. The highest BCUT2D eigenvalue weighted by atomic mass is 35.5. The van der Waals surface area contributed by atoms with E-state index in [0.717, 1.165) is 0 Å². The zero-order valence-electron chi connectivity index (χ0n) is 16.5. The minimum absolute atomic E-state index is 0.155. The lowest BCUT2D eigenvalue weighted by Crippen LogP contribution is -2.24. The second-order valence-electron chi connectivity index (χ2n) is 6.98. The largest absolute Gasteiger partial charge is 0.487 e. The number of aromatic nitrogens is 4. The van der Waals surface area contributed by atoms with Crippen LogP contribution in [0.4, 0.5) is 20.3 Å². The molecule has 0 spiro atoms. The van der Waals surface area contributed by atoms with Crippen molar-refractivity contribution in [3.8, 4) is 17.1 Å². The number of ether oxygens (including phenoxy) is 1. The van der Waals surface area contributed by atoms with Gasteiger partial charge in [-0.15, -0.1) is 13.9 Å². The number of anilines is 2. The number of β-amino-alcohol motifs (C(OH)–C–C–N with tert-alkyl or cyclic N) is 1. The van der Waals surface area contributed by atoms with Gasteiger partial charge in [0.05, 0.1) is 23.4 Å². The minimum atomic E-state index is -3.83. The summed E-state index contributed by atoms with van der Waals surface area (Å²) in [5.74, 6) is 0.189. The van der Waals surface area contributed by atoms with E-state index in [-0.39, 0.29) is 17.1 Å². The second-order valence-corrected chi connectivity index (χ2v) is 7.42. The van der Waals surface area contributed by atoms with Crippen LogP contribution in [-0.4, -0.2) is 55.9 Å². The smallest absolute Gasteiger partial charge is 0.420 e. The molecule has 1 aliphatic heterocycles. The first-order valence-electron chi connectivity index (χ1n) is 9.53. The van der Waals surface area contributed by atoms with Crippen LogP contribution < -0.4 is 15.0 Å². The Morgan fingerprint density at radius 1 is 1.25 bits per heavy atom. The second kappa shape index (κ2) is 8.97. The molecule has 2 N–H and O–H groups in total. The number of amides is 1. The fraction of sp³-hybridized carbons (Fsp3) is 0.250. The van der Waals surface area contributed by atoms with E-state index in [1.165, 1.54) is 42.9 Å². The van der Waals surface area contributed by atoms with Crippen molar-refractivity contribution in [1.29, 1.82) is 0 Å². The summed E-state index contributed by atoms with van der Waals surface area (Å²) >= 11 is 4.74. The van der Waals surface area contributed by atoms with Gasteiger partial charge in [0.15, 0.2) is 5.82 Å². The van der Waals surface area contributed by atoms with E-state index in [9.17, 15) is 18.7 Å². The van der Waals surface area contributed by atoms with E-state index in [1.54, 1.807) is 6.07 Å². The van der Waals surface area contributed by atoms with Crippen molar-refractivity contribution in [1.82, 2.24) is 20.2 Å². The summed E-state index contributed by atoms with van der Waals surface area (Å²) in [6.45, 7) is 1.00. The molecule has 12 heteroatoms. The van der Waals surface area contributed by atoms with Crippen LogP contribution in [0.3, 0.4) is 0 Å². The summed E-state index contributed by atoms with van der Waals surface area (Å²) in [5, 5.41) is 20.4. The molecule has 2 aromatic heterocycles. The number of carbonyl (C=O) groups is 1. The van der Waals surface area contributed by atoms with Crippen molar-refractivity contribution in [2.75, 3.05) is 23.3 Å². The number of nitrogens with zero attached hydrogens (tertiary/aromatic N) is 5. The molecule has 4 rings (SSSR count). The van der Waals surface area contributed by atoms with Crippen LogP contribution >= 0.6 is 11.6 Å². The predicted octanol–water partition coefficient (Wildman–Crippen LogP) is 2.92. The molecular weight excluding hydrogens is 446 g/mol. The molecule has 0 radical (unpaired) electrons. The molecule has 0 aliphatic carbocycles. The van der Waals surface area contributed by atoms with Crippen molar-refractivity contribution in [3.63, 3.8) is 0 Å². The normalized spacial score (nSPS) is 16.1. The van der Waals surface area contributed by atoms with Crippen molar-refractivity contribution in [2.45, 2.75) is 18.1 Å². The number of hydrogen-bond acceptors (Lipinski definition) is 8. The summed E-state index contributed by atoms with van der Waals surface area (Å²) in [6.07, 6.45) is 4.45. The number of benzene rings is 1. The maximum atomic E-state index is 12.8. The number of nitrogens with one attached hydrogen (secondary N) is 1. The first-order chi connectivity index (χ1) is 15.3. The van der Waals surface area contributed by atoms with Gasteiger partial charge in [0.2, 0.25) is 0 Å². The molecule has 1 aromatic carbocycles. The van der Waals surface area contributed by atoms with E-state index in [1.807, 2.05) is 4.90 Å². The third kappa shape index (κ3) is 5.24. The van der Waals surface area contributed by atoms with E-state index in [4.69, 9.17) is 11.6 Å². The van der Waals surface area contributed by atoms with Crippen LogP contribution in [0.2, 0.25) is 0 Å². The Bertz CT molecular complexity index is 1100. The molecule has 1 saturated heterocycles. The highest BCUT2D eigenvalue weighted by molar-refractivity contribution is 6.20. The SMILES string of the molecule is O=C(Nc1ccc(OC(F)(F)Cl)cc1)c1cnc(N2CC[C@@H](O)C2)c(-c2nccnn2)c1. The third-order valence-corrected chi connectivity index (χ3v) is 4.74. The molecule has 32 heavy (non-hydrogen) atoms. The average molecular weight is 463 g/mol. The Balaban J connectivity index is 1.57. The molecule has 1 amide bonds. The van der Waals surface area contributed by atoms with Gasteiger partial charge in [0.1, 0.15) is 11.6 Å². The molecule has 0 saturated carbocycles. The van der Waals surface area contributed by atoms with Crippen LogP contribution in [0.15, 0.2) is 48.9 Å². The Morgan fingerprint density at radius 2 is 2.03 bits per heavy atom. The first kappa shape index (κ1) is 21.8. The van der Waals surface area contributed by atoms with E-state index < -0.39 is 17.6 Å². The molecule has 9 nitrogen and oxygen atoms in total. The molecule has 1 fully saturated rings. The summed E-state index contributed by atoms with van der Waals surface area (Å²) in [6, 6.07) is 6.88. The van der Waals surface area contributed by atoms with Crippen molar-refractivity contribution in [2.24, 2.45) is 0 Å². The molecule has 3 aromatic rings. The van der Waals surface area contributed by atoms with Gasteiger partial charge in [-0.05, 0) is 36.8 Å². The maximum absolute atomic E-state index is 12.8. The van der Waals surface area contributed by atoms with E-state index >= 15 is 0 Å². The van der Waals surface area contributed by atoms with Gasteiger partial charge in [0, 0.05) is 42.8 Å². The Labute approximate surface area is 186 Å². The summed E-state index contributed by atoms with van der Waals surface area (Å²) in [7, 11) is 0. The van der Waals surface area contributed by atoms with Gasteiger partial charge in [-0.25, -0.2) is 9.97 Å².